The number of carboxylic acid groups (broad SMARTS) is 1. The molecule has 0 aliphatic rings. The molecule has 0 radical (unpaired) electrons. The first-order chi connectivity index (χ1) is 9.68. The van der Waals surface area contributed by atoms with E-state index in [1.807, 2.05) is 27.7 Å². The summed E-state index contributed by atoms with van der Waals surface area (Å²) in [7, 11) is 0. The van der Waals surface area contributed by atoms with Crippen molar-refractivity contribution in [3.8, 4) is 0 Å². The predicted molar refractivity (Wildman–Crippen MR) is 80.7 cm³/mol. The van der Waals surface area contributed by atoms with Gasteiger partial charge in [-0.1, -0.05) is 34.1 Å². The summed E-state index contributed by atoms with van der Waals surface area (Å²) >= 11 is 0. The molecule has 122 valence electrons. The van der Waals surface area contributed by atoms with Crippen LogP contribution in [0.2, 0.25) is 0 Å². The summed E-state index contributed by atoms with van der Waals surface area (Å²) in [5.41, 5.74) is -0.433. The number of amides is 2. The Hall–Kier alpha value is -1.59. The average Bonchev–Trinajstić information content (AvgIpc) is 2.37. The van der Waals surface area contributed by atoms with E-state index in [1.165, 1.54) is 0 Å². The maximum absolute atomic E-state index is 11.6. The summed E-state index contributed by atoms with van der Waals surface area (Å²) in [4.78, 5) is 34.1. The minimum atomic E-state index is -0.880. The topological polar surface area (TPSA) is 95.5 Å². The molecule has 0 saturated heterocycles. The molecular formula is C15H28N2O4. The standard InChI is InChI=1S/C15H28N2O4/c1-5-7-11(13(19)20)10-17-12(18)8-6-9-16-14(21)15(2,3)4/h11H,5-10H2,1-4H3,(H,16,21)(H,17,18)(H,19,20). The summed E-state index contributed by atoms with van der Waals surface area (Å²) in [6.45, 7) is 8.01. The lowest BCUT2D eigenvalue weighted by Gasteiger charge is -2.17. The molecule has 0 heterocycles. The number of hydrogen-bond acceptors (Lipinski definition) is 3. The second-order valence-electron chi connectivity index (χ2n) is 6.24. The first kappa shape index (κ1) is 19.4. The predicted octanol–water partition coefficient (Wildman–Crippen LogP) is 1.55. The second kappa shape index (κ2) is 9.37. The fraction of sp³-hybridized carbons (Fsp3) is 0.800. The smallest absolute Gasteiger partial charge is 0.308 e. The van der Waals surface area contributed by atoms with Gasteiger partial charge in [-0.3, -0.25) is 14.4 Å². The molecule has 6 heteroatoms. The van der Waals surface area contributed by atoms with Crippen LogP contribution < -0.4 is 10.6 Å². The lowest BCUT2D eigenvalue weighted by molar-refractivity contribution is -0.142. The SMILES string of the molecule is CCCC(CNC(=O)CCCNC(=O)C(C)(C)C)C(=O)O. The van der Waals surface area contributed by atoms with E-state index in [0.29, 0.717) is 19.4 Å². The van der Waals surface area contributed by atoms with Crippen LogP contribution in [0.25, 0.3) is 0 Å². The van der Waals surface area contributed by atoms with E-state index in [1.54, 1.807) is 0 Å². The first-order valence-corrected chi connectivity index (χ1v) is 7.46. The summed E-state index contributed by atoms with van der Waals surface area (Å²) in [6, 6.07) is 0. The molecule has 0 aliphatic carbocycles. The highest BCUT2D eigenvalue weighted by Crippen LogP contribution is 2.12. The highest BCUT2D eigenvalue weighted by Gasteiger charge is 2.20. The molecule has 3 N–H and O–H groups in total. The van der Waals surface area contributed by atoms with E-state index < -0.39 is 17.3 Å². The largest absolute Gasteiger partial charge is 0.481 e. The maximum Gasteiger partial charge on any atom is 0.308 e. The Morgan fingerprint density at radius 3 is 2.24 bits per heavy atom. The van der Waals surface area contributed by atoms with E-state index in [2.05, 4.69) is 10.6 Å². The van der Waals surface area contributed by atoms with Crippen LogP contribution in [0, 0.1) is 11.3 Å². The van der Waals surface area contributed by atoms with Crippen LogP contribution in [0.15, 0.2) is 0 Å². The van der Waals surface area contributed by atoms with E-state index in [9.17, 15) is 14.4 Å². The molecule has 6 nitrogen and oxygen atoms in total. The quantitative estimate of drug-likeness (QED) is 0.563. The number of carbonyl (C=O) groups excluding carboxylic acids is 2. The summed E-state index contributed by atoms with van der Waals surface area (Å²) in [6.07, 6.45) is 2.14. The van der Waals surface area contributed by atoms with Crippen molar-refractivity contribution in [2.75, 3.05) is 13.1 Å². The molecule has 0 aromatic heterocycles. The average molecular weight is 300 g/mol. The van der Waals surface area contributed by atoms with E-state index in [0.717, 1.165) is 6.42 Å². The summed E-state index contributed by atoms with van der Waals surface area (Å²) in [5, 5.41) is 14.4. The molecule has 0 aromatic carbocycles. The van der Waals surface area contributed by atoms with E-state index in [4.69, 9.17) is 5.11 Å². The number of nitrogens with one attached hydrogen (secondary N) is 2. The Bertz CT molecular complexity index is 361. The van der Waals surface area contributed by atoms with E-state index in [-0.39, 0.29) is 24.8 Å². The van der Waals surface area contributed by atoms with Crippen molar-refractivity contribution >= 4 is 17.8 Å². The van der Waals surface area contributed by atoms with Gasteiger partial charge in [0, 0.05) is 24.9 Å². The van der Waals surface area contributed by atoms with Crippen molar-refractivity contribution in [3.63, 3.8) is 0 Å². The van der Waals surface area contributed by atoms with Crippen molar-refractivity contribution in [2.24, 2.45) is 11.3 Å². The van der Waals surface area contributed by atoms with Gasteiger partial charge in [-0.25, -0.2) is 0 Å². The fourth-order valence-corrected chi connectivity index (χ4v) is 1.70. The molecule has 1 unspecified atom stereocenters. The lowest BCUT2D eigenvalue weighted by Crippen LogP contribution is -2.36. The second-order valence-corrected chi connectivity index (χ2v) is 6.24. The van der Waals surface area contributed by atoms with Gasteiger partial charge in [0.1, 0.15) is 0 Å². The van der Waals surface area contributed by atoms with Gasteiger partial charge in [0.05, 0.1) is 5.92 Å². The Kier molecular flexibility index (Phi) is 8.66. The maximum atomic E-state index is 11.6. The Labute approximate surface area is 126 Å². The molecule has 1 atom stereocenters. The third-order valence-corrected chi connectivity index (χ3v) is 3.08. The van der Waals surface area contributed by atoms with Gasteiger partial charge in [-0.15, -0.1) is 0 Å². The highest BCUT2D eigenvalue weighted by molar-refractivity contribution is 5.81. The molecule has 0 fully saturated rings. The molecule has 2 amide bonds. The Balaban J connectivity index is 3.86. The number of carboxylic acids is 1. The van der Waals surface area contributed by atoms with Gasteiger partial charge >= 0.3 is 5.97 Å². The van der Waals surface area contributed by atoms with Gasteiger partial charge in [0.15, 0.2) is 0 Å². The van der Waals surface area contributed by atoms with Crippen molar-refractivity contribution < 1.29 is 19.5 Å². The van der Waals surface area contributed by atoms with Crippen molar-refractivity contribution in [1.29, 1.82) is 0 Å². The van der Waals surface area contributed by atoms with E-state index >= 15 is 0 Å². The number of rotatable bonds is 9. The zero-order chi connectivity index (χ0) is 16.5. The van der Waals surface area contributed by atoms with Crippen LogP contribution in [-0.4, -0.2) is 36.0 Å². The number of carbonyl (C=O) groups is 3. The summed E-state index contributed by atoms with van der Waals surface area (Å²) < 4.78 is 0. The zero-order valence-corrected chi connectivity index (χ0v) is 13.5. The lowest BCUT2D eigenvalue weighted by atomic mass is 9.96. The first-order valence-electron chi connectivity index (χ1n) is 7.46. The molecular weight excluding hydrogens is 272 g/mol. The molecule has 0 aliphatic heterocycles. The van der Waals surface area contributed by atoms with Crippen LogP contribution in [0.3, 0.4) is 0 Å². The highest BCUT2D eigenvalue weighted by atomic mass is 16.4. The monoisotopic (exact) mass is 300 g/mol. The summed E-state index contributed by atoms with van der Waals surface area (Å²) in [5.74, 6) is -1.63. The molecule has 0 spiro atoms. The van der Waals surface area contributed by atoms with Crippen LogP contribution in [0.5, 0.6) is 0 Å². The molecule has 21 heavy (non-hydrogen) atoms. The van der Waals surface area contributed by atoms with Crippen LogP contribution in [0.1, 0.15) is 53.4 Å². The van der Waals surface area contributed by atoms with Crippen LogP contribution in [0.4, 0.5) is 0 Å². The molecule has 0 rings (SSSR count). The Morgan fingerprint density at radius 1 is 1.14 bits per heavy atom. The van der Waals surface area contributed by atoms with Crippen molar-refractivity contribution in [3.05, 3.63) is 0 Å². The van der Waals surface area contributed by atoms with Gasteiger partial charge in [-0.05, 0) is 12.8 Å². The number of hydrogen-bond donors (Lipinski definition) is 3. The minimum absolute atomic E-state index is 0.0446. The van der Waals surface area contributed by atoms with Crippen molar-refractivity contribution in [2.45, 2.75) is 53.4 Å². The van der Waals surface area contributed by atoms with Gasteiger partial charge in [0.2, 0.25) is 11.8 Å². The van der Waals surface area contributed by atoms with Crippen LogP contribution >= 0.6 is 0 Å². The molecule has 0 saturated carbocycles. The van der Waals surface area contributed by atoms with Crippen LogP contribution in [-0.2, 0) is 14.4 Å². The minimum Gasteiger partial charge on any atom is -0.481 e. The van der Waals surface area contributed by atoms with Crippen molar-refractivity contribution in [1.82, 2.24) is 10.6 Å². The third kappa shape index (κ3) is 9.05. The number of aliphatic carboxylic acids is 1. The normalized spacial score (nSPS) is 12.6. The molecule has 0 bridgehead atoms. The Morgan fingerprint density at radius 2 is 1.76 bits per heavy atom. The zero-order valence-electron chi connectivity index (χ0n) is 13.5. The third-order valence-electron chi connectivity index (χ3n) is 3.08. The van der Waals surface area contributed by atoms with Gasteiger partial charge < -0.3 is 15.7 Å². The molecule has 0 aromatic rings. The fourth-order valence-electron chi connectivity index (χ4n) is 1.70. The van der Waals surface area contributed by atoms with Gasteiger partial charge in [0.25, 0.3) is 0 Å². The van der Waals surface area contributed by atoms with Gasteiger partial charge in [-0.2, -0.15) is 0 Å².